The molecule has 0 fully saturated rings. The molecule has 1 aliphatic heterocycles. The standard InChI is InChI=1S/C30H45O3P/c1-27(2,3)21-14-19-13-20-15-22(28(4,5)6)17-25(30(10,11)12)26(20)33-34(31,32)18-23(19)24(16-21)29(7,8)9/h14-17H,13,18H2,1-12H3,(H,31,32). The Morgan fingerprint density at radius 3 is 1.56 bits per heavy atom. The maximum atomic E-state index is 13.6. The van der Waals surface area contributed by atoms with Crippen LogP contribution in [-0.4, -0.2) is 4.89 Å². The fraction of sp³-hybridized carbons (Fsp3) is 0.600. The maximum absolute atomic E-state index is 13.6. The van der Waals surface area contributed by atoms with E-state index in [1.807, 2.05) is 0 Å². The zero-order valence-corrected chi connectivity index (χ0v) is 24.3. The van der Waals surface area contributed by atoms with E-state index in [1.54, 1.807) is 0 Å². The largest absolute Gasteiger partial charge is 0.424 e. The average molecular weight is 485 g/mol. The molecular weight excluding hydrogens is 439 g/mol. The van der Waals surface area contributed by atoms with Crippen LogP contribution in [0.15, 0.2) is 24.3 Å². The zero-order chi connectivity index (χ0) is 26.1. The summed E-state index contributed by atoms with van der Waals surface area (Å²) in [6.07, 6.45) is 0.716. The van der Waals surface area contributed by atoms with Crippen molar-refractivity contribution < 1.29 is 14.0 Å². The summed E-state index contributed by atoms with van der Waals surface area (Å²) in [7, 11) is -3.93. The smallest absolute Gasteiger partial charge is 0.381 e. The van der Waals surface area contributed by atoms with Gasteiger partial charge in [0.25, 0.3) is 0 Å². The summed E-state index contributed by atoms with van der Waals surface area (Å²) in [6.45, 7) is 26.3. The summed E-state index contributed by atoms with van der Waals surface area (Å²) >= 11 is 0. The Hall–Kier alpha value is -1.57. The molecule has 1 N–H and O–H groups in total. The van der Waals surface area contributed by atoms with Crippen molar-refractivity contribution in [3.8, 4) is 5.75 Å². The summed E-state index contributed by atoms with van der Waals surface area (Å²) in [6, 6.07) is 8.88. The fourth-order valence-electron chi connectivity index (χ4n) is 4.68. The molecule has 1 atom stereocenters. The number of benzene rings is 2. The third-order valence-corrected chi connectivity index (χ3v) is 8.01. The van der Waals surface area contributed by atoms with E-state index in [0.717, 1.165) is 27.8 Å². The Bertz CT molecular complexity index is 1060. The van der Waals surface area contributed by atoms with Gasteiger partial charge in [0.15, 0.2) is 0 Å². The van der Waals surface area contributed by atoms with Crippen LogP contribution in [0.25, 0.3) is 0 Å². The number of rotatable bonds is 0. The third kappa shape index (κ3) is 5.63. The van der Waals surface area contributed by atoms with Gasteiger partial charge in [-0.2, -0.15) is 0 Å². The molecule has 3 nitrogen and oxygen atoms in total. The Morgan fingerprint density at radius 1 is 0.676 bits per heavy atom. The molecule has 0 amide bonds. The predicted octanol–water partition coefficient (Wildman–Crippen LogP) is 8.55. The molecule has 0 aliphatic carbocycles. The summed E-state index contributed by atoms with van der Waals surface area (Å²) in [5.74, 6) is 0.593. The molecule has 1 heterocycles. The van der Waals surface area contributed by atoms with Crippen molar-refractivity contribution in [2.75, 3.05) is 0 Å². The van der Waals surface area contributed by atoms with Gasteiger partial charge >= 0.3 is 7.60 Å². The first-order valence-electron chi connectivity index (χ1n) is 12.5. The van der Waals surface area contributed by atoms with Gasteiger partial charge in [0, 0.05) is 12.0 Å². The van der Waals surface area contributed by atoms with Crippen LogP contribution in [-0.2, 0) is 38.8 Å². The fourth-order valence-corrected chi connectivity index (χ4v) is 6.02. The summed E-state index contributed by atoms with van der Waals surface area (Å²) in [4.78, 5) is 11.1. The van der Waals surface area contributed by atoms with Crippen LogP contribution in [0.1, 0.15) is 122 Å². The molecule has 4 heteroatoms. The van der Waals surface area contributed by atoms with E-state index in [1.165, 1.54) is 11.1 Å². The van der Waals surface area contributed by atoms with Crippen molar-refractivity contribution in [2.45, 2.75) is 117 Å². The molecule has 0 radical (unpaired) electrons. The second kappa shape index (κ2) is 8.24. The van der Waals surface area contributed by atoms with E-state index in [-0.39, 0.29) is 27.8 Å². The quantitative estimate of drug-likeness (QED) is 0.381. The van der Waals surface area contributed by atoms with Crippen LogP contribution in [0.3, 0.4) is 0 Å². The Morgan fingerprint density at radius 2 is 1.12 bits per heavy atom. The Labute approximate surface area is 207 Å². The summed E-state index contributed by atoms with van der Waals surface area (Å²) in [5, 5.41) is 0. The molecule has 0 bridgehead atoms. The van der Waals surface area contributed by atoms with E-state index in [2.05, 4.69) is 107 Å². The van der Waals surface area contributed by atoms with Gasteiger partial charge < -0.3 is 9.42 Å². The van der Waals surface area contributed by atoms with E-state index >= 15 is 0 Å². The molecule has 0 aromatic heterocycles. The molecule has 0 spiro atoms. The van der Waals surface area contributed by atoms with Crippen LogP contribution in [0, 0.1) is 0 Å². The molecule has 34 heavy (non-hydrogen) atoms. The maximum Gasteiger partial charge on any atom is 0.381 e. The van der Waals surface area contributed by atoms with Gasteiger partial charge in [-0.25, -0.2) is 4.57 Å². The van der Waals surface area contributed by atoms with Crippen molar-refractivity contribution in [3.63, 3.8) is 0 Å². The number of hydrogen-bond acceptors (Lipinski definition) is 2. The topological polar surface area (TPSA) is 46.5 Å². The number of fused-ring (bicyclic) bond motifs is 2. The first-order valence-corrected chi connectivity index (χ1v) is 14.2. The lowest BCUT2D eigenvalue weighted by atomic mass is 9.75. The van der Waals surface area contributed by atoms with Gasteiger partial charge in [0.05, 0.1) is 6.16 Å². The lowest BCUT2D eigenvalue weighted by molar-refractivity contribution is 0.369. The molecule has 3 rings (SSSR count). The third-order valence-electron chi connectivity index (χ3n) is 6.83. The molecule has 188 valence electrons. The highest BCUT2D eigenvalue weighted by Crippen LogP contribution is 2.54. The van der Waals surface area contributed by atoms with Crippen LogP contribution >= 0.6 is 7.60 Å². The highest BCUT2D eigenvalue weighted by atomic mass is 31.2. The first-order chi connectivity index (χ1) is 15.1. The minimum absolute atomic E-state index is 0.0243. The van der Waals surface area contributed by atoms with Crippen molar-refractivity contribution >= 4 is 7.60 Å². The van der Waals surface area contributed by atoms with Gasteiger partial charge in [-0.1, -0.05) is 107 Å². The van der Waals surface area contributed by atoms with E-state index in [9.17, 15) is 9.46 Å². The minimum atomic E-state index is -3.93. The lowest BCUT2D eigenvalue weighted by Crippen LogP contribution is -2.23. The van der Waals surface area contributed by atoms with E-state index in [4.69, 9.17) is 4.52 Å². The van der Waals surface area contributed by atoms with Gasteiger partial charge in [-0.15, -0.1) is 0 Å². The molecule has 2 aromatic carbocycles. The Kier molecular flexibility index (Phi) is 6.55. The van der Waals surface area contributed by atoms with Crippen LogP contribution < -0.4 is 4.52 Å². The van der Waals surface area contributed by atoms with E-state index in [0.29, 0.717) is 12.2 Å². The molecule has 0 saturated heterocycles. The molecule has 0 saturated carbocycles. The van der Waals surface area contributed by atoms with Gasteiger partial charge in [0.1, 0.15) is 5.75 Å². The van der Waals surface area contributed by atoms with Crippen LogP contribution in [0.5, 0.6) is 5.75 Å². The molecule has 2 aromatic rings. The second-order valence-corrected chi connectivity index (χ2v) is 16.0. The van der Waals surface area contributed by atoms with E-state index < -0.39 is 7.60 Å². The highest BCUT2D eigenvalue weighted by molar-refractivity contribution is 7.52. The summed E-state index contributed by atoms with van der Waals surface area (Å²) in [5.41, 5.74) is 7.27. The second-order valence-electron chi connectivity index (χ2n) is 14.2. The zero-order valence-electron chi connectivity index (χ0n) is 23.4. The molecule has 1 unspecified atom stereocenters. The van der Waals surface area contributed by atoms with Gasteiger partial charge in [-0.05, 0) is 55.0 Å². The normalized spacial score (nSPS) is 19.6. The molecular formula is C30H45O3P. The Balaban J connectivity index is 2.43. The predicted molar refractivity (Wildman–Crippen MR) is 145 cm³/mol. The average Bonchev–Trinajstić information content (AvgIpc) is 2.58. The SMILES string of the molecule is CC(C)(C)c1cc2c(c(C(C)(C)C)c1)CP(=O)(O)Oc1c(cc(C(C)(C)C)cc1C(C)(C)C)C2. The monoisotopic (exact) mass is 484 g/mol. The van der Waals surface area contributed by atoms with Gasteiger partial charge in [0.2, 0.25) is 0 Å². The van der Waals surface area contributed by atoms with Crippen LogP contribution in [0.4, 0.5) is 0 Å². The van der Waals surface area contributed by atoms with Crippen molar-refractivity contribution in [3.05, 3.63) is 63.2 Å². The molecule has 1 aliphatic rings. The summed E-state index contributed by atoms with van der Waals surface area (Å²) < 4.78 is 19.7. The number of hydrogen-bond donors (Lipinski definition) is 1. The lowest BCUT2D eigenvalue weighted by Gasteiger charge is -2.34. The first kappa shape index (κ1) is 27.0. The van der Waals surface area contributed by atoms with Gasteiger partial charge in [-0.3, -0.25) is 0 Å². The van der Waals surface area contributed by atoms with Crippen molar-refractivity contribution in [1.82, 2.24) is 0 Å². The minimum Gasteiger partial charge on any atom is -0.424 e. The van der Waals surface area contributed by atoms with Crippen molar-refractivity contribution in [1.29, 1.82) is 0 Å². The van der Waals surface area contributed by atoms with Crippen molar-refractivity contribution in [2.24, 2.45) is 0 Å². The van der Waals surface area contributed by atoms with Crippen LogP contribution in [0.2, 0.25) is 0 Å². The highest BCUT2D eigenvalue weighted by Gasteiger charge is 2.36.